The molecule has 16 heavy (non-hydrogen) atoms. The van der Waals surface area contributed by atoms with Crippen molar-refractivity contribution in [2.45, 2.75) is 18.9 Å². The van der Waals surface area contributed by atoms with Crippen LogP contribution in [0.3, 0.4) is 0 Å². The molecule has 1 aromatic rings. The van der Waals surface area contributed by atoms with Crippen LogP contribution in [0.25, 0.3) is 0 Å². The van der Waals surface area contributed by atoms with Gasteiger partial charge in [0.1, 0.15) is 5.75 Å². The van der Waals surface area contributed by atoms with E-state index in [1.807, 2.05) is 31.2 Å². The van der Waals surface area contributed by atoms with Crippen LogP contribution in [0, 0.1) is 5.92 Å². The number of hydrogen-bond donors (Lipinski definition) is 2. The first-order valence-electron chi connectivity index (χ1n) is 5.72. The summed E-state index contributed by atoms with van der Waals surface area (Å²) >= 11 is 0. The third-order valence-corrected chi connectivity index (χ3v) is 3.53. The Morgan fingerprint density at radius 3 is 2.56 bits per heavy atom. The lowest BCUT2D eigenvalue weighted by Crippen LogP contribution is -2.33. The first-order valence-corrected chi connectivity index (χ1v) is 5.72. The van der Waals surface area contributed by atoms with E-state index < -0.39 is 5.60 Å². The number of nitrogens with one attached hydrogen (secondary N) is 1. The summed E-state index contributed by atoms with van der Waals surface area (Å²) in [5, 5.41) is 13.9. The van der Waals surface area contributed by atoms with Crippen molar-refractivity contribution in [3.8, 4) is 5.75 Å². The van der Waals surface area contributed by atoms with Crippen molar-refractivity contribution >= 4 is 0 Å². The topological polar surface area (TPSA) is 41.5 Å². The molecule has 2 rings (SSSR count). The molecule has 2 unspecified atom stereocenters. The van der Waals surface area contributed by atoms with Gasteiger partial charge in [-0.05, 0) is 37.6 Å². The molecule has 0 aliphatic carbocycles. The van der Waals surface area contributed by atoms with Crippen LogP contribution in [-0.2, 0) is 5.60 Å². The lowest BCUT2D eigenvalue weighted by atomic mass is 9.82. The van der Waals surface area contributed by atoms with Crippen LogP contribution in [-0.4, -0.2) is 25.3 Å². The van der Waals surface area contributed by atoms with E-state index in [4.69, 9.17) is 4.74 Å². The average molecular weight is 221 g/mol. The zero-order chi connectivity index (χ0) is 11.6. The average Bonchev–Trinajstić information content (AvgIpc) is 2.83. The highest BCUT2D eigenvalue weighted by atomic mass is 16.5. The maximum Gasteiger partial charge on any atom is 0.118 e. The van der Waals surface area contributed by atoms with Crippen LogP contribution in [0.15, 0.2) is 24.3 Å². The standard InChI is InChI=1S/C13H19NO2/c1-13(15,11-7-8-14-9-11)10-3-5-12(16-2)6-4-10/h3-6,11,14-15H,7-9H2,1-2H3. The minimum absolute atomic E-state index is 0.292. The van der Waals surface area contributed by atoms with Gasteiger partial charge in [-0.15, -0.1) is 0 Å². The quantitative estimate of drug-likeness (QED) is 0.813. The highest BCUT2D eigenvalue weighted by Gasteiger charge is 2.35. The maximum absolute atomic E-state index is 10.6. The molecule has 1 heterocycles. The van der Waals surface area contributed by atoms with Gasteiger partial charge in [-0.3, -0.25) is 0 Å². The number of benzene rings is 1. The number of ether oxygens (including phenoxy) is 1. The molecule has 0 amide bonds. The van der Waals surface area contributed by atoms with Crippen LogP contribution in [0.1, 0.15) is 18.9 Å². The van der Waals surface area contributed by atoms with E-state index in [0.717, 1.165) is 30.8 Å². The Morgan fingerprint density at radius 2 is 2.06 bits per heavy atom. The van der Waals surface area contributed by atoms with E-state index in [-0.39, 0.29) is 0 Å². The van der Waals surface area contributed by atoms with Gasteiger partial charge in [-0.25, -0.2) is 0 Å². The normalized spacial score (nSPS) is 24.1. The molecule has 1 fully saturated rings. The van der Waals surface area contributed by atoms with Crippen molar-refractivity contribution in [2.75, 3.05) is 20.2 Å². The fourth-order valence-corrected chi connectivity index (χ4v) is 2.30. The van der Waals surface area contributed by atoms with E-state index in [2.05, 4.69) is 5.32 Å². The summed E-state index contributed by atoms with van der Waals surface area (Å²) in [5.74, 6) is 1.12. The molecule has 0 bridgehead atoms. The van der Waals surface area contributed by atoms with Crippen LogP contribution in [0.2, 0.25) is 0 Å². The smallest absolute Gasteiger partial charge is 0.118 e. The summed E-state index contributed by atoms with van der Waals surface area (Å²) in [4.78, 5) is 0. The summed E-state index contributed by atoms with van der Waals surface area (Å²) in [5.41, 5.74) is 0.206. The molecular formula is C13H19NO2. The molecule has 3 nitrogen and oxygen atoms in total. The summed E-state index contributed by atoms with van der Waals surface area (Å²) < 4.78 is 5.11. The minimum atomic E-state index is -0.754. The van der Waals surface area contributed by atoms with Crippen LogP contribution in [0.4, 0.5) is 0 Å². The first kappa shape index (κ1) is 11.4. The zero-order valence-corrected chi connectivity index (χ0v) is 9.86. The Labute approximate surface area is 96.4 Å². The Hall–Kier alpha value is -1.06. The van der Waals surface area contributed by atoms with Gasteiger partial charge in [0.2, 0.25) is 0 Å². The molecule has 1 saturated heterocycles. The molecule has 2 N–H and O–H groups in total. The van der Waals surface area contributed by atoms with Crippen LogP contribution in [0.5, 0.6) is 5.75 Å². The Bertz CT molecular complexity index is 339. The minimum Gasteiger partial charge on any atom is -0.497 e. The van der Waals surface area contributed by atoms with E-state index in [9.17, 15) is 5.11 Å². The molecule has 88 valence electrons. The van der Waals surface area contributed by atoms with E-state index in [1.165, 1.54) is 0 Å². The largest absolute Gasteiger partial charge is 0.497 e. The molecule has 0 spiro atoms. The van der Waals surface area contributed by atoms with Gasteiger partial charge >= 0.3 is 0 Å². The van der Waals surface area contributed by atoms with E-state index in [1.54, 1.807) is 7.11 Å². The number of hydrogen-bond acceptors (Lipinski definition) is 3. The van der Waals surface area contributed by atoms with Gasteiger partial charge < -0.3 is 15.2 Å². The van der Waals surface area contributed by atoms with Gasteiger partial charge in [0.15, 0.2) is 0 Å². The van der Waals surface area contributed by atoms with Crippen LogP contribution < -0.4 is 10.1 Å². The van der Waals surface area contributed by atoms with Gasteiger partial charge in [0, 0.05) is 12.5 Å². The van der Waals surface area contributed by atoms with Crippen molar-refractivity contribution in [2.24, 2.45) is 5.92 Å². The second-order valence-corrected chi connectivity index (χ2v) is 4.57. The lowest BCUT2D eigenvalue weighted by Gasteiger charge is -2.30. The monoisotopic (exact) mass is 221 g/mol. The molecular weight excluding hydrogens is 202 g/mol. The second kappa shape index (κ2) is 4.44. The lowest BCUT2D eigenvalue weighted by molar-refractivity contribution is 0.00214. The molecule has 0 radical (unpaired) electrons. The highest BCUT2D eigenvalue weighted by Crippen LogP contribution is 2.33. The third kappa shape index (κ3) is 2.06. The van der Waals surface area contributed by atoms with Crippen molar-refractivity contribution in [3.63, 3.8) is 0 Å². The SMILES string of the molecule is COc1ccc(C(C)(O)C2CCNC2)cc1. The van der Waals surface area contributed by atoms with Gasteiger partial charge in [0.25, 0.3) is 0 Å². The van der Waals surface area contributed by atoms with Crippen molar-refractivity contribution < 1.29 is 9.84 Å². The summed E-state index contributed by atoms with van der Waals surface area (Å²) in [7, 11) is 1.65. The van der Waals surface area contributed by atoms with Gasteiger partial charge in [0.05, 0.1) is 12.7 Å². The Balaban J connectivity index is 2.20. The summed E-state index contributed by atoms with van der Waals surface area (Å²) in [6, 6.07) is 7.67. The maximum atomic E-state index is 10.6. The molecule has 1 aromatic carbocycles. The summed E-state index contributed by atoms with van der Waals surface area (Å²) in [6.45, 7) is 3.78. The fraction of sp³-hybridized carbons (Fsp3) is 0.538. The molecule has 0 saturated carbocycles. The second-order valence-electron chi connectivity index (χ2n) is 4.57. The fourth-order valence-electron chi connectivity index (χ4n) is 2.30. The van der Waals surface area contributed by atoms with Crippen LogP contribution >= 0.6 is 0 Å². The predicted octanol–water partition coefficient (Wildman–Crippen LogP) is 1.51. The van der Waals surface area contributed by atoms with Crippen molar-refractivity contribution in [1.82, 2.24) is 5.32 Å². The highest BCUT2D eigenvalue weighted by molar-refractivity contribution is 5.31. The van der Waals surface area contributed by atoms with E-state index in [0.29, 0.717) is 5.92 Å². The summed E-state index contributed by atoms with van der Waals surface area (Å²) in [6.07, 6.45) is 1.03. The zero-order valence-electron chi connectivity index (χ0n) is 9.86. The van der Waals surface area contributed by atoms with Gasteiger partial charge in [-0.1, -0.05) is 12.1 Å². The number of rotatable bonds is 3. The number of aliphatic hydroxyl groups is 1. The Morgan fingerprint density at radius 1 is 1.38 bits per heavy atom. The Kier molecular flexibility index (Phi) is 3.17. The van der Waals surface area contributed by atoms with Crippen molar-refractivity contribution in [3.05, 3.63) is 29.8 Å². The van der Waals surface area contributed by atoms with Gasteiger partial charge in [-0.2, -0.15) is 0 Å². The number of methoxy groups -OCH3 is 1. The predicted molar refractivity (Wildman–Crippen MR) is 63.5 cm³/mol. The van der Waals surface area contributed by atoms with Crippen molar-refractivity contribution in [1.29, 1.82) is 0 Å². The van der Waals surface area contributed by atoms with E-state index >= 15 is 0 Å². The molecule has 0 aromatic heterocycles. The molecule has 1 aliphatic heterocycles. The first-order chi connectivity index (χ1) is 7.64. The third-order valence-electron chi connectivity index (χ3n) is 3.53. The molecule has 3 heteroatoms. The molecule has 2 atom stereocenters. The molecule has 1 aliphatic rings.